The minimum Gasteiger partial charge on any atom is -0.330 e. The molecule has 0 spiro atoms. The van der Waals surface area contributed by atoms with Crippen LogP contribution in [-0.4, -0.2) is 38.3 Å². The Balaban J connectivity index is 3.83. The van der Waals surface area contributed by atoms with Crippen LogP contribution in [0.5, 0.6) is 0 Å². The van der Waals surface area contributed by atoms with Crippen LogP contribution in [-0.2, 0) is 10.0 Å². The molecule has 6 heteroatoms. The Bertz CT molecular complexity index is 229. The molecule has 4 nitrogen and oxygen atoms in total. The highest BCUT2D eigenvalue weighted by Crippen LogP contribution is 2.02. The van der Waals surface area contributed by atoms with Crippen molar-refractivity contribution >= 4 is 21.8 Å². The lowest BCUT2D eigenvalue weighted by atomic mass is 10.4. The van der Waals surface area contributed by atoms with Crippen molar-refractivity contribution in [2.75, 3.05) is 23.8 Å². The van der Waals surface area contributed by atoms with Gasteiger partial charge in [0.15, 0.2) is 0 Å². The smallest absolute Gasteiger partial charge is 0.211 e. The van der Waals surface area contributed by atoms with E-state index in [2.05, 4.69) is 11.6 Å². The summed E-state index contributed by atoms with van der Waals surface area (Å²) in [7, 11) is -3.12. The Morgan fingerprint density at radius 3 is 2.64 bits per heavy atom. The molecule has 1 unspecified atom stereocenters. The molecule has 1 atom stereocenters. The normalized spacial score (nSPS) is 14.2. The molecule has 0 saturated heterocycles. The van der Waals surface area contributed by atoms with Gasteiger partial charge < -0.3 is 5.73 Å². The van der Waals surface area contributed by atoms with Crippen LogP contribution in [0.25, 0.3) is 0 Å². The second-order valence-corrected chi connectivity index (χ2v) is 6.33. The Hall–Kier alpha value is 0.220. The zero-order valence-corrected chi connectivity index (χ0v) is 10.5. The molecule has 0 fully saturated rings. The van der Waals surface area contributed by atoms with Gasteiger partial charge in [-0.2, -0.15) is 11.8 Å². The van der Waals surface area contributed by atoms with Crippen molar-refractivity contribution in [3.8, 4) is 0 Å². The standard InChI is InChI=1S/C8H20N2O2S2/c1-3-13-7-8(2)10-14(11,12)6-4-5-9/h8,10H,3-7,9H2,1-2H3. The second-order valence-electron chi connectivity index (χ2n) is 3.14. The monoisotopic (exact) mass is 240 g/mol. The molecule has 0 radical (unpaired) electrons. The van der Waals surface area contributed by atoms with Crippen molar-refractivity contribution < 1.29 is 8.42 Å². The van der Waals surface area contributed by atoms with E-state index in [1.165, 1.54) is 0 Å². The molecule has 3 N–H and O–H groups in total. The fraction of sp³-hybridized carbons (Fsp3) is 1.00. The molecule has 0 aliphatic carbocycles. The third-order valence-electron chi connectivity index (χ3n) is 1.57. The van der Waals surface area contributed by atoms with E-state index in [4.69, 9.17) is 5.73 Å². The molecular formula is C8H20N2O2S2. The first-order chi connectivity index (χ1) is 6.52. The van der Waals surface area contributed by atoms with Gasteiger partial charge in [0.05, 0.1) is 5.75 Å². The highest BCUT2D eigenvalue weighted by atomic mass is 32.2. The Morgan fingerprint density at radius 1 is 1.50 bits per heavy atom. The predicted molar refractivity (Wildman–Crippen MR) is 63.1 cm³/mol. The maximum absolute atomic E-state index is 11.4. The molecule has 0 aromatic heterocycles. The molecule has 0 bridgehead atoms. The van der Waals surface area contributed by atoms with Crippen molar-refractivity contribution in [3.05, 3.63) is 0 Å². The first-order valence-electron chi connectivity index (χ1n) is 4.79. The molecule has 14 heavy (non-hydrogen) atoms. The maximum Gasteiger partial charge on any atom is 0.211 e. The van der Waals surface area contributed by atoms with Gasteiger partial charge in [-0.3, -0.25) is 0 Å². The first-order valence-corrected chi connectivity index (χ1v) is 7.60. The largest absolute Gasteiger partial charge is 0.330 e. The molecule has 0 aromatic rings. The van der Waals surface area contributed by atoms with Crippen LogP contribution in [0.4, 0.5) is 0 Å². The van der Waals surface area contributed by atoms with Crippen LogP contribution in [0.1, 0.15) is 20.3 Å². The van der Waals surface area contributed by atoms with Gasteiger partial charge >= 0.3 is 0 Å². The summed E-state index contributed by atoms with van der Waals surface area (Å²) in [6.07, 6.45) is 0.517. The van der Waals surface area contributed by atoms with Gasteiger partial charge in [-0.1, -0.05) is 6.92 Å². The quantitative estimate of drug-likeness (QED) is 0.644. The SMILES string of the molecule is CCSCC(C)NS(=O)(=O)CCCN. The van der Waals surface area contributed by atoms with E-state index in [1.807, 2.05) is 6.92 Å². The van der Waals surface area contributed by atoms with E-state index in [-0.39, 0.29) is 11.8 Å². The van der Waals surface area contributed by atoms with Crippen molar-refractivity contribution in [2.24, 2.45) is 5.73 Å². The Kier molecular flexibility index (Phi) is 7.62. The van der Waals surface area contributed by atoms with Gasteiger partial charge in [0.25, 0.3) is 0 Å². The summed E-state index contributed by atoms with van der Waals surface area (Å²) in [5.41, 5.74) is 5.25. The summed E-state index contributed by atoms with van der Waals surface area (Å²) in [5.74, 6) is 1.96. The number of thioether (sulfide) groups is 1. The topological polar surface area (TPSA) is 72.2 Å². The number of nitrogens with one attached hydrogen (secondary N) is 1. The number of hydrogen-bond acceptors (Lipinski definition) is 4. The van der Waals surface area contributed by atoms with Gasteiger partial charge in [0.2, 0.25) is 10.0 Å². The minimum absolute atomic E-state index is 0.00252. The molecule has 0 heterocycles. The van der Waals surface area contributed by atoms with E-state index in [0.29, 0.717) is 13.0 Å². The molecule has 0 aliphatic heterocycles. The van der Waals surface area contributed by atoms with E-state index in [9.17, 15) is 8.42 Å². The van der Waals surface area contributed by atoms with Crippen LogP contribution < -0.4 is 10.5 Å². The number of nitrogens with two attached hydrogens (primary N) is 1. The van der Waals surface area contributed by atoms with Gasteiger partial charge in [-0.15, -0.1) is 0 Å². The average molecular weight is 240 g/mol. The highest BCUT2D eigenvalue weighted by Gasteiger charge is 2.13. The van der Waals surface area contributed by atoms with Crippen LogP contribution in [0.2, 0.25) is 0 Å². The molecule has 86 valence electrons. The molecule has 0 amide bonds. The molecule has 0 aromatic carbocycles. The number of rotatable bonds is 8. The lowest BCUT2D eigenvalue weighted by Crippen LogP contribution is -2.36. The second kappa shape index (κ2) is 7.50. The van der Waals surface area contributed by atoms with Gasteiger partial charge in [0.1, 0.15) is 0 Å². The summed E-state index contributed by atoms with van der Waals surface area (Å²) >= 11 is 1.73. The zero-order valence-electron chi connectivity index (χ0n) is 8.82. The van der Waals surface area contributed by atoms with Gasteiger partial charge in [-0.25, -0.2) is 13.1 Å². The number of hydrogen-bond donors (Lipinski definition) is 2. The summed E-state index contributed by atoms with van der Waals surface area (Å²) < 4.78 is 25.4. The van der Waals surface area contributed by atoms with E-state index in [1.54, 1.807) is 11.8 Å². The lowest BCUT2D eigenvalue weighted by molar-refractivity contribution is 0.568. The van der Waals surface area contributed by atoms with Crippen molar-refractivity contribution in [3.63, 3.8) is 0 Å². The summed E-state index contributed by atoms with van der Waals surface area (Å²) in [6, 6.07) is 0.00252. The van der Waals surface area contributed by atoms with Gasteiger partial charge in [0, 0.05) is 11.8 Å². The third-order valence-corrected chi connectivity index (χ3v) is 4.30. The molecule has 0 aliphatic rings. The molecule has 0 saturated carbocycles. The lowest BCUT2D eigenvalue weighted by Gasteiger charge is -2.12. The van der Waals surface area contributed by atoms with Crippen molar-refractivity contribution in [1.29, 1.82) is 0 Å². The van der Waals surface area contributed by atoms with Crippen molar-refractivity contribution in [1.82, 2.24) is 4.72 Å². The van der Waals surface area contributed by atoms with Gasteiger partial charge in [-0.05, 0) is 25.6 Å². The number of sulfonamides is 1. The van der Waals surface area contributed by atoms with E-state index >= 15 is 0 Å². The fourth-order valence-corrected chi connectivity index (χ4v) is 3.11. The maximum atomic E-state index is 11.4. The van der Waals surface area contributed by atoms with Crippen LogP contribution in [0.15, 0.2) is 0 Å². The van der Waals surface area contributed by atoms with Crippen LogP contribution in [0, 0.1) is 0 Å². The summed E-state index contributed by atoms with van der Waals surface area (Å²) in [4.78, 5) is 0. The Morgan fingerprint density at radius 2 is 2.14 bits per heavy atom. The predicted octanol–water partition coefficient (Wildman–Crippen LogP) is 0.396. The fourth-order valence-electron chi connectivity index (χ4n) is 0.967. The molecule has 0 rings (SSSR count). The first kappa shape index (κ1) is 14.2. The summed E-state index contributed by atoms with van der Waals surface area (Å²) in [5, 5.41) is 0. The zero-order chi connectivity index (χ0) is 11.0. The minimum atomic E-state index is -3.12. The molecular weight excluding hydrogens is 220 g/mol. The van der Waals surface area contributed by atoms with Crippen LogP contribution >= 0.6 is 11.8 Å². The van der Waals surface area contributed by atoms with E-state index < -0.39 is 10.0 Å². The van der Waals surface area contributed by atoms with Crippen molar-refractivity contribution in [2.45, 2.75) is 26.3 Å². The van der Waals surface area contributed by atoms with E-state index in [0.717, 1.165) is 11.5 Å². The highest BCUT2D eigenvalue weighted by molar-refractivity contribution is 7.99. The van der Waals surface area contributed by atoms with Crippen LogP contribution in [0.3, 0.4) is 0 Å². The Labute approximate surface area is 91.1 Å². The third kappa shape index (κ3) is 7.61. The average Bonchev–Trinajstić information content (AvgIpc) is 2.11. The summed E-state index contributed by atoms with van der Waals surface area (Å²) in [6.45, 7) is 4.35.